The maximum atomic E-state index is 12.3. The maximum absolute atomic E-state index is 12.3. The lowest BCUT2D eigenvalue weighted by Gasteiger charge is -2.11. The summed E-state index contributed by atoms with van der Waals surface area (Å²) in [7, 11) is 0. The molecule has 2 heteroatoms. The minimum Gasteiger partial charge on any atom is -0.250 e. The van der Waals surface area contributed by atoms with Crippen molar-refractivity contribution in [1.29, 1.82) is 0 Å². The van der Waals surface area contributed by atoms with Gasteiger partial charge in [0.15, 0.2) is 0 Å². The Morgan fingerprint density at radius 2 is 2.25 bits per heavy atom. The Labute approximate surface area is 86.3 Å². The van der Waals surface area contributed by atoms with Gasteiger partial charge in [-0.05, 0) is 53.6 Å². The van der Waals surface area contributed by atoms with Crippen molar-refractivity contribution < 1.29 is 4.39 Å². The number of alkyl halides is 1. The number of benzene rings is 1. The fraction of sp³-hybridized carbons (Fsp3) is 0.300. The first-order chi connectivity index (χ1) is 5.66. The van der Waals surface area contributed by atoms with E-state index in [2.05, 4.69) is 29.5 Å². The van der Waals surface area contributed by atoms with E-state index in [9.17, 15) is 4.39 Å². The first-order valence-corrected chi connectivity index (χ1v) is 4.88. The van der Waals surface area contributed by atoms with Crippen molar-refractivity contribution in [1.82, 2.24) is 0 Å². The summed E-state index contributed by atoms with van der Waals surface area (Å²) in [5.74, 6) is -0.222. The monoisotopic (exact) mass is 277 g/mol. The molecule has 1 aromatic carbocycles. The smallest absolute Gasteiger partial charge is 0.0963 e. The van der Waals surface area contributed by atoms with E-state index in [0.717, 1.165) is 11.1 Å². The first kappa shape index (κ1) is 9.96. The Morgan fingerprint density at radius 3 is 2.83 bits per heavy atom. The van der Waals surface area contributed by atoms with Crippen LogP contribution in [0.3, 0.4) is 0 Å². The van der Waals surface area contributed by atoms with Crippen molar-refractivity contribution in [2.45, 2.75) is 12.8 Å². The summed E-state index contributed by atoms with van der Waals surface area (Å²) in [6.45, 7) is 5.37. The van der Waals surface area contributed by atoms with Gasteiger partial charge in [-0.1, -0.05) is 12.1 Å². The zero-order chi connectivity index (χ0) is 9.14. The second-order valence-electron chi connectivity index (χ2n) is 2.81. The molecule has 0 N–H and O–H groups in total. The molecule has 0 saturated carbocycles. The van der Waals surface area contributed by atoms with Crippen LogP contribution in [0.25, 0.3) is 0 Å². The zero-order valence-corrected chi connectivity index (χ0v) is 9.14. The summed E-state index contributed by atoms with van der Waals surface area (Å²) in [5.41, 5.74) is 2.17. The summed E-state index contributed by atoms with van der Waals surface area (Å²) < 4.78 is 13.5. The highest BCUT2D eigenvalue weighted by molar-refractivity contribution is 14.1. The maximum Gasteiger partial charge on any atom is 0.0963 e. The third-order valence-corrected chi connectivity index (χ3v) is 3.10. The van der Waals surface area contributed by atoms with Crippen LogP contribution < -0.4 is 0 Å². The number of halogens is 2. The van der Waals surface area contributed by atoms with Gasteiger partial charge < -0.3 is 0 Å². The van der Waals surface area contributed by atoms with Gasteiger partial charge in [-0.25, -0.2) is 0 Å². The molecule has 0 aliphatic carbocycles. The molecule has 0 aliphatic rings. The molecule has 1 aromatic rings. The molecule has 1 radical (unpaired) electrons. The van der Waals surface area contributed by atoms with Gasteiger partial charge in [0.2, 0.25) is 0 Å². The van der Waals surface area contributed by atoms with Crippen LogP contribution in [-0.4, -0.2) is 6.67 Å². The van der Waals surface area contributed by atoms with Gasteiger partial charge in [-0.15, -0.1) is 0 Å². The fourth-order valence-electron chi connectivity index (χ4n) is 1.15. The van der Waals surface area contributed by atoms with Crippen LogP contribution in [0.2, 0.25) is 0 Å². The first-order valence-electron chi connectivity index (χ1n) is 3.81. The second kappa shape index (κ2) is 4.21. The molecule has 0 fully saturated rings. The lowest BCUT2D eigenvalue weighted by Crippen LogP contribution is -1.99. The van der Waals surface area contributed by atoms with Gasteiger partial charge in [-0.3, -0.25) is 4.39 Å². The predicted molar refractivity (Wildman–Crippen MR) is 58.0 cm³/mol. The van der Waals surface area contributed by atoms with Crippen LogP contribution >= 0.6 is 22.6 Å². The Kier molecular flexibility index (Phi) is 3.50. The van der Waals surface area contributed by atoms with Crippen LogP contribution in [0.4, 0.5) is 4.39 Å². The highest BCUT2D eigenvalue weighted by Crippen LogP contribution is 2.23. The van der Waals surface area contributed by atoms with E-state index in [1.807, 2.05) is 25.1 Å². The summed E-state index contributed by atoms with van der Waals surface area (Å²) in [6, 6.07) is 5.90. The zero-order valence-electron chi connectivity index (χ0n) is 6.98. The molecule has 0 spiro atoms. The Morgan fingerprint density at radius 1 is 1.58 bits per heavy atom. The molecule has 0 bridgehead atoms. The lowest BCUT2D eigenvalue weighted by molar-refractivity contribution is 0.464. The van der Waals surface area contributed by atoms with E-state index in [1.54, 1.807) is 0 Å². The molecule has 1 unspecified atom stereocenters. The number of hydrogen-bond acceptors (Lipinski definition) is 0. The summed E-state index contributed by atoms with van der Waals surface area (Å²) in [6.07, 6.45) is 0. The van der Waals surface area contributed by atoms with Crippen LogP contribution in [0.5, 0.6) is 0 Å². The third kappa shape index (κ3) is 1.97. The molecule has 0 aromatic heterocycles. The van der Waals surface area contributed by atoms with Crippen molar-refractivity contribution >= 4 is 22.6 Å². The highest BCUT2D eigenvalue weighted by atomic mass is 127. The number of hydrogen-bond donors (Lipinski definition) is 0. The number of rotatable bonds is 2. The van der Waals surface area contributed by atoms with Crippen LogP contribution in [0.15, 0.2) is 18.2 Å². The third-order valence-electron chi connectivity index (χ3n) is 1.94. The molecule has 1 atom stereocenters. The van der Waals surface area contributed by atoms with E-state index in [-0.39, 0.29) is 12.6 Å². The largest absolute Gasteiger partial charge is 0.250 e. The molecule has 0 heterocycles. The Bertz CT molecular complexity index is 271. The predicted octanol–water partition coefficient (Wildman–Crippen LogP) is 3.49. The van der Waals surface area contributed by atoms with Crippen molar-refractivity contribution in [3.8, 4) is 0 Å². The molecular weight excluding hydrogens is 266 g/mol. The fourth-order valence-corrected chi connectivity index (χ4v) is 1.67. The SMILES string of the molecule is [CH2]C(CF)c1cccc(I)c1C. The van der Waals surface area contributed by atoms with Gasteiger partial charge in [0.25, 0.3) is 0 Å². The molecule has 12 heavy (non-hydrogen) atoms. The van der Waals surface area contributed by atoms with E-state index in [0.29, 0.717) is 0 Å². The van der Waals surface area contributed by atoms with E-state index in [1.165, 1.54) is 3.57 Å². The van der Waals surface area contributed by atoms with Crippen LogP contribution in [0, 0.1) is 17.4 Å². The van der Waals surface area contributed by atoms with Gasteiger partial charge in [0, 0.05) is 9.49 Å². The molecule has 0 saturated heterocycles. The topological polar surface area (TPSA) is 0 Å². The van der Waals surface area contributed by atoms with Crippen molar-refractivity contribution in [2.24, 2.45) is 0 Å². The quantitative estimate of drug-likeness (QED) is 0.726. The minimum absolute atomic E-state index is 0.222. The Hall–Kier alpha value is -0.120. The average molecular weight is 277 g/mol. The van der Waals surface area contributed by atoms with Crippen LogP contribution in [0.1, 0.15) is 17.0 Å². The highest BCUT2D eigenvalue weighted by Gasteiger charge is 2.08. The second-order valence-corrected chi connectivity index (χ2v) is 3.97. The van der Waals surface area contributed by atoms with Crippen LogP contribution in [-0.2, 0) is 0 Å². The minimum atomic E-state index is -0.388. The van der Waals surface area contributed by atoms with Crippen molar-refractivity contribution in [3.63, 3.8) is 0 Å². The van der Waals surface area contributed by atoms with Gasteiger partial charge >= 0.3 is 0 Å². The van der Waals surface area contributed by atoms with Gasteiger partial charge in [-0.2, -0.15) is 0 Å². The molecular formula is C10H11FI. The summed E-state index contributed by atoms with van der Waals surface area (Å²) in [4.78, 5) is 0. The molecule has 0 nitrogen and oxygen atoms in total. The molecule has 65 valence electrons. The standard InChI is InChI=1S/C10H11FI/c1-7(6-11)9-4-3-5-10(12)8(9)2/h3-5,7H,1,6H2,2H3. The Balaban J connectivity index is 3.07. The summed E-state index contributed by atoms with van der Waals surface area (Å²) in [5, 5.41) is 0. The van der Waals surface area contributed by atoms with E-state index < -0.39 is 0 Å². The van der Waals surface area contributed by atoms with Gasteiger partial charge in [0.1, 0.15) is 0 Å². The lowest BCUT2D eigenvalue weighted by atomic mass is 9.98. The average Bonchev–Trinajstić information content (AvgIpc) is 2.08. The molecule has 0 amide bonds. The van der Waals surface area contributed by atoms with Gasteiger partial charge in [0.05, 0.1) is 6.67 Å². The normalized spacial score (nSPS) is 13.0. The van der Waals surface area contributed by atoms with Crippen molar-refractivity contribution in [3.05, 3.63) is 39.8 Å². The summed E-state index contributed by atoms with van der Waals surface area (Å²) >= 11 is 2.25. The van der Waals surface area contributed by atoms with E-state index in [4.69, 9.17) is 0 Å². The molecule has 1 rings (SSSR count). The molecule has 0 aliphatic heterocycles. The van der Waals surface area contributed by atoms with E-state index >= 15 is 0 Å². The van der Waals surface area contributed by atoms with Crippen molar-refractivity contribution in [2.75, 3.05) is 6.67 Å².